The molecule has 0 fully saturated rings. The molecule has 1 aliphatic rings. The fourth-order valence-electron chi connectivity index (χ4n) is 5.40. The van der Waals surface area contributed by atoms with Crippen molar-refractivity contribution in [3.05, 3.63) is 34.9 Å². The number of aliphatic hydroxyl groups is 4. The SMILES string of the molecule is CCC(/C=C/C(=O)O)=C\[C@@H](O)C[C@H](C)C[C@@H](C)CC[C@H](O)[C@H](C)C(=O)C[C@@H](O)[C@H](C)[C@@H](C)OC(=O)C[C@@H](O)C1=C(C)C(=O)OC1=O. The second-order valence-corrected chi connectivity index (χ2v) is 12.7. The molecule has 0 aromatic rings. The highest BCUT2D eigenvalue weighted by Crippen LogP contribution is 2.26. The number of ether oxygens (including phenoxy) is 2. The van der Waals surface area contributed by atoms with Gasteiger partial charge in [-0.15, -0.1) is 0 Å². The summed E-state index contributed by atoms with van der Waals surface area (Å²) in [6.45, 7) is 12.0. The summed E-state index contributed by atoms with van der Waals surface area (Å²) in [6.07, 6.45) is 0.999. The number of aliphatic hydroxyl groups excluding tert-OH is 4. The number of Topliss-reactive ketones (excluding diaryl/α,β-unsaturated/α-hetero) is 1. The Morgan fingerprint density at radius 1 is 0.848 bits per heavy atom. The zero-order valence-electron chi connectivity index (χ0n) is 28.0. The lowest BCUT2D eigenvalue weighted by atomic mass is 9.85. The van der Waals surface area contributed by atoms with E-state index in [9.17, 15) is 44.4 Å². The summed E-state index contributed by atoms with van der Waals surface area (Å²) in [7, 11) is 0. The number of rotatable bonds is 21. The molecule has 0 saturated heterocycles. The number of carbonyl (C=O) groups excluding carboxylic acids is 4. The van der Waals surface area contributed by atoms with Gasteiger partial charge in [-0.2, -0.15) is 0 Å². The molecule has 5 N–H and O–H groups in total. The maximum absolute atomic E-state index is 12.9. The maximum Gasteiger partial charge on any atom is 0.345 e. The molecule has 1 rings (SSSR count). The van der Waals surface area contributed by atoms with Crippen molar-refractivity contribution < 1.29 is 59.0 Å². The third-order valence-electron chi connectivity index (χ3n) is 8.63. The van der Waals surface area contributed by atoms with Gasteiger partial charge >= 0.3 is 23.9 Å². The molecule has 0 aliphatic carbocycles. The third-order valence-corrected chi connectivity index (χ3v) is 8.63. The number of esters is 3. The van der Waals surface area contributed by atoms with E-state index in [1.807, 2.05) is 20.8 Å². The van der Waals surface area contributed by atoms with Gasteiger partial charge in [-0.1, -0.05) is 46.8 Å². The van der Waals surface area contributed by atoms with Crippen molar-refractivity contribution in [2.24, 2.45) is 23.7 Å². The van der Waals surface area contributed by atoms with Crippen LogP contribution in [-0.4, -0.2) is 85.7 Å². The van der Waals surface area contributed by atoms with Crippen LogP contribution in [0.1, 0.15) is 93.4 Å². The van der Waals surface area contributed by atoms with E-state index in [1.54, 1.807) is 19.9 Å². The lowest BCUT2D eigenvalue weighted by Gasteiger charge is -2.27. The van der Waals surface area contributed by atoms with Crippen molar-refractivity contribution in [1.29, 1.82) is 0 Å². The van der Waals surface area contributed by atoms with Crippen molar-refractivity contribution in [3.63, 3.8) is 0 Å². The molecule has 0 aromatic heterocycles. The predicted molar refractivity (Wildman–Crippen MR) is 168 cm³/mol. The third kappa shape index (κ3) is 13.7. The molecule has 0 amide bonds. The van der Waals surface area contributed by atoms with Gasteiger partial charge in [0.1, 0.15) is 11.9 Å². The summed E-state index contributed by atoms with van der Waals surface area (Å²) < 4.78 is 9.71. The van der Waals surface area contributed by atoms with Crippen molar-refractivity contribution in [3.8, 4) is 0 Å². The van der Waals surface area contributed by atoms with Crippen LogP contribution in [0.4, 0.5) is 0 Å². The lowest BCUT2D eigenvalue weighted by molar-refractivity contribution is -0.154. The zero-order chi connectivity index (χ0) is 35.3. The van der Waals surface area contributed by atoms with Gasteiger partial charge in [0.2, 0.25) is 0 Å². The van der Waals surface area contributed by atoms with E-state index in [2.05, 4.69) is 4.74 Å². The van der Waals surface area contributed by atoms with E-state index in [4.69, 9.17) is 9.84 Å². The summed E-state index contributed by atoms with van der Waals surface area (Å²) in [5.74, 6) is -5.18. The minimum absolute atomic E-state index is 0.0831. The molecule has 12 heteroatoms. The summed E-state index contributed by atoms with van der Waals surface area (Å²) in [5, 5.41) is 50.8. The van der Waals surface area contributed by atoms with Crippen LogP contribution in [0, 0.1) is 23.7 Å². The Hall–Kier alpha value is -3.19. The van der Waals surface area contributed by atoms with Gasteiger partial charge in [-0.05, 0) is 63.4 Å². The number of ketones is 1. The van der Waals surface area contributed by atoms with Crippen LogP contribution in [0.5, 0.6) is 0 Å². The van der Waals surface area contributed by atoms with Gasteiger partial charge in [0.15, 0.2) is 0 Å². The molecule has 46 heavy (non-hydrogen) atoms. The molecule has 260 valence electrons. The Morgan fingerprint density at radius 2 is 1.48 bits per heavy atom. The van der Waals surface area contributed by atoms with Crippen molar-refractivity contribution in [2.75, 3.05) is 0 Å². The smallest absolute Gasteiger partial charge is 0.345 e. The van der Waals surface area contributed by atoms with Crippen LogP contribution in [0.25, 0.3) is 0 Å². The summed E-state index contributed by atoms with van der Waals surface area (Å²) in [5.41, 5.74) is 0.357. The largest absolute Gasteiger partial charge is 0.478 e. The second-order valence-electron chi connectivity index (χ2n) is 12.7. The summed E-state index contributed by atoms with van der Waals surface area (Å²) >= 11 is 0. The van der Waals surface area contributed by atoms with Crippen LogP contribution < -0.4 is 0 Å². The number of allylic oxidation sites excluding steroid dienone is 2. The first-order valence-corrected chi connectivity index (χ1v) is 15.9. The molecule has 1 aliphatic heterocycles. The monoisotopic (exact) mass is 652 g/mol. The minimum atomic E-state index is -1.59. The Balaban J connectivity index is 2.52. The van der Waals surface area contributed by atoms with Gasteiger partial charge in [0.05, 0.1) is 36.4 Å². The van der Waals surface area contributed by atoms with Crippen molar-refractivity contribution in [2.45, 2.75) is 124 Å². The molecule has 0 spiro atoms. The summed E-state index contributed by atoms with van der Waals surface area (Å²) in [6, 6.07) is 0. The van der Waals surface area contributed by atoms with Gasteiger partial charge < -0.3 is 35.0 Å². The average molecular weight is 653 g/mol. The highest BCUT2D eigenvalue weighted by atomic mass is 16.6. The topological polar surface area (TPSA) is 205 Å². The van der Waals surface area contributed by atoms with Gasteiger partial charge in [-0.25, -0.2) is 14.4 Å². The molecule has 0 aromatic carbocycles. The average Bonchev–Trinajstić information content (AvgIpc) is 3.22. The summed E-state index contributed by atoms with van der Waals surface area (Å²) in [4.78, 5) is 59.2. The second kappa shape index (κ2) is 19.5. The molecule has 0 radical (unpaired) electrons. The van der Waals surface area contributed by atoms with Crippen molar-refractivity contribution >= 4 is 29.7 Å². The fourth-order valence-corrected chi connectivity index (χ4v) is 5.40. The first kappa shape index (κ1) is 40.8. The minimum Gasteiger partial charge on any atom is -0.478 e. The number of carbonyl (C=O) groups is 5. The van der Waals surface area contributed by atoms with Gasteiger partial charge in [-0.3, -0.25) is 9.59 Å². The number of carboxylic acids is 1. The normalized spacial score (nSPS) is 20.0. The molecular weight excluding hydrogens is 600 g/mol. The van der Waals surface area contributed by atoms with Crippen LogP contribution >= 0.6 is 0 Å². The number of carboxylic acid groups (broad SMARTS) is 1. The lowest BCUT2D eigenvalue weighted by Crippen LogP contribution is -2.36. The number of hydrogen-bond acceptors (Lipinski definition) is 11. The quantitative estimate of drug-likeness (QED) is 0.0525. The first-order chi connectivity index (χ1) is 21.4. The predicted octanol–water partition coefficient (Wildman–Crippen LogP) is 3.19. The highest BCUT2D eigenvalue weighted by Gasteiger charge is 2.36. The first-order valence-electron chi connectivity index (χ1n) is 15.9. The molecular formula is C34H52O12. The molecule has 9 atom stereocenters. The van der Waals surface area contributed by atoms with Crippen LogP contribution in [0.3, 0.4) is 0 Å². The van der Waals surface area contributed by atoms with Gasteiger partial charge in [0, 0.05) is 29.9 Å². The fraction of sp³-hybridized carbons (Fsp3) is 0.676. The Kier molecular flexibility index (Phi) is 17.3. The van der Waals surface area contributed by atoms with E-state index in [1.165, 1.54) is 19.9 Å². The molecule has 12 nitrogen and oxygen atoms in total. The highest BCUT2D eigenvalue weighted by molar-refractivity contribution is 6.12. The molecule has 0 saturated carbocycles. The number of cyclic esters (lactones) is 2. The molecule has 0 unspecified atom stereocenters. The molecule has 1 heterocycles. The Labute approximate surface area is 271 Å². The van der Waals surface area contributed by atoms with E-state index in [0.29, 0.717) is 25.7 Å². The van der Waals surface area contributed by atoms with Crippen LogP contribution in [0.15, 0.2) is 34.9 Å². The van der Waals surface area contributed by atoms with E-state index in [0.717, 1.165) is 18.1 Å². The number of aliphatic carboxylic acids is 1. The van der Waals surface area contributed by atoms with Gasteiger partial charge in [0.25, 0.3) is 0 Å². The Bertz CT molecular complexity index is 1170. The zero-order valence-corrected chi connectivity index (χ0v) is 28.0. The van der Waals surface area contributed by atoms with E-state index in [-0.39, 0.29) is 35.2 Å². The molecule has 0 bridgehead atoms. The number of hydrogen-bond donors (Lipinski definition) is 5. The van der Waals surface area contributed by atoms with Crippen molar-refractivity contribution in [1.82, 2.24) is 0 Å². The van der Waals surface area contributed by atoms with E-state index < -0.39 is 72.7 Å². The van der Waals surface area contributed by atoms with E-state index >= 15 is 0 Å². The maximum atomic E-state index is 12.9. The van der Waals surface area contributed by atoms with Crippen LogP contribution in [0.2, 0.25) is 0 Å². The van der Waals surface area contributed by atoms with Crippen LogP contribution in [-0.2, 0) is 33.4 Å². The standard InChI is InChI=1S/C34H52O12/c1-8-24(10-12-30(40)41)15-25(35)14-19(3)13-18(2)9-11-26(36)21(5)28(38)16-27(37)20(4)23(7)45-31(42)17-29(39)32-22(6)33(43)46-34(32)44/h10,12,15,18-21,23,25-27,29,35-37,39H,8-9,11,13-14,16-17H2,1-7H3,(H,40,41)/b12-10+,24-15+/t18-,19+,20+,21-,23+,25-,26-,27+,29+/m0/s1. The Morgan fingerprint density at radius 3 is 2.02 bits per heavy atom.